The minimum Gasteiger partial charge on any atom is -0.440 e. The molecule has 1 aliphatic rings. The summed E-state index contributed by atoms with van der Waals surface area (Å²) >= 11 is 0. The summed E-state index contributed by atoms with van der Waals surface area (Å²) in [6.45, 7) is 1.79. The summed E-state index contributed by atoms with van der Waals surface area (Å²) in [6, 6.07) is 7.91. The first-order chi connectivity index (χ1) is 11.9. The molecule has 5 rings (SSSR count). The van der Waals surface area contributed by atoms with Crippen molar-refractivity contribution in [2.24, 2.45) is 0 Å². The number of fused-ring (bicyclic) bond motifs is 2. The third kappa shape index (κ3) is 2.12. The molecular weight excluding hydrogens is 304 g/mol. The zero-order valence-corrected chi connectivity index (χ0v) is 13.0. The lowest BCUT2D eigenvalue weighted by Gasteiger charge is -2.32. The quantitative estimate of drug-likeness (QED) is 0.611. The van der Waals surface area contributed by atoms with Gasteiger partial charge in [-0.25, -0.2) is 19.9 Å². The lowest BCUT2D eigenvalue weighted by Crippen LogP contribution is -2.35. The van der Waals surface area contributed by atoms with Crippen molar-refractivity contribution in [3.8, 4) is 0 Å². The molecule has 1 fully saturated rings. The number of H-pyrrole nitrogens is 1. The van der Waals surface area contributed by atoms with E-state index in [1.807, 2.05) is 24.3 Å². The molecule has 4 heterocycles. The van der Waals surface area contributed by atoms with E-state index >= 15 is 0 Å². The molecule has 0 bridgehead atoms. The van der Waals surface area contributed by atoms with Crippen molar-refractivity contribution in [3.05, 3.63) is 42.8 Å². The normalized spacial score (nSPS) is 18.5. The van der Waals surface area contributed by atoms with Gasteiger partial charge in [0.15, 0.2) is 22.9 Å². The van der Waals surface area contributed by atoms with Gasteiger partial charge in [-0.05, 0) is 25.0 Å². The van der Waals surface area contributed by atoms with Gasteiger partial charge in [-0.15, -0.1) is 0 Å². The molecule has 0 radical (unpaired) electrons. The Kier molecular flexibility index (Phi) is 2.97. The molecule has 24 heavy (non-hydrogen) atoms. The summed E-state index contributed by atoms with van der Waals surface area (Å²) < 4.78 is 5.97. The maximum atomic E-state index is 5.97. The lowest BCUT2D eigenvalue weighted by molar-refractivity contribution is 0.412. The van der Waals surface area contributed by atoms with Gasteiger partial charge in [0.1, 0.15) is 17.4 Å². The molecule has 1 saturated heterocycles. The maximum absolute atomic E-state index is 5.97. The summed E-state index contributed by atoms with van der Waals surface area (Å²) in [5.41, 5.74) is 3.35. The number of hydrogen-bond acceptors (Lipinski definition) is 6. The molecule has 0 spiro atoms. The number of nitrogens with zero attached hydrogens (tertiary/aromatic N) is 5. The molecule has 7 nitrogen and oxygen atoms in total. The Morgan fingerprint density at radius 1 is 1.17 bits per heavy atom. The van der Waals surface area contributed by atoms with Crippen LogP contribution in [0.15, 0.2) is 41.3 Å². The van der Waals surface area contributed by atoms with Crippen molar-refractivity contribution in [1.29, 1.82) is 0 Å². The van der Waals surface area contributed by atoms with E-state index in [0.717, 1.165) is 54.3 Å². The van der Waals surface area contributed by atoms with E-state index in [0.29, 0.717) is 5.65 Å². The Bertz CT molecular complexity index is 973. The third-order valence-electron chi connectivity index (χ3n) is 4.58. The highest BCUT2D eigenvalue weighted by Crippen LogP contribution is 2.32. The highest BCUT2D eigenvalue weighted by Gasteiger charge is 2.27. The van der Waals surface area contributed by atoms with E-state index in [4.69, 9.17) is 4.42 Å². The minimum atomic E-state index is 0.263. The molecule has 120 valence electrons. The smallest absolute Gasteiger partial charge is 0.200 e. The predicted molar refractivity (Wildman–Crippen MR) is 89.9 cm³/mol. The fourth-order valence-electron chi connectivity index (χ4n) is 3.43. The number of para-hydroxylation sites is 2. The van der Waals surface area contributed by atoms with Crippen LogP contribution in [0.2, 0.25) is 0 Å². The van der Waals surface area contributed by atoms with Crippen molar-refractivity contribution in [2.45, 2.75) is 18.8 Å². The van der Waals surface area contributed by atoms with Gasteiger partial charge in [-0.1, -0.05) is 12.1 Å². The Labute approximate surface area is 137 Å². The number of aromatic amines is 1. The van der Waals surface area contributed by atoms with Crippen LogP contribution in [0.25, 0.3) is 22.3 Å². The zero-order chi connectivity index (χ0) is 15.9. The van der Waals surface area contributed by atoms with Crippen LogP contribution in [0.3, 0.4) is 0 Å². The van der Waals surface area contributed by atoms with Crippen LogP contribution >= 0.6 is 0 Å². The van der Waals surface area contributed by atoms with Gasteiger partial charge in [0.2, 0.25) is 0 Å². The number of nitrogens with one attached hydrogen (secondary N) is 1. The van der Waals surface area contributed by atoms with E-state index in [9.17, 15) is 0 Å². The number of rotatable bonds is 2. The fraction of sp³-hybridized carbons (Fsp3) is 0.294. The molecular formula is C17H16N6O. The van der Waals surface area contributed by atoms with Gasteiger partial charge in [0.25, 0.3) is 0 Å². The van der Waals surface area contributed by atoms with E-state index in [1.165, 1.54) is 0 Å². The van der Waals surface area contributed by atoms with Crippen molar-refractivity contribution in [1.82, 2.24) is 24.9 Å². The molecule has 0 amide bonds. The second-order valence-corrected chi connectivity index (χ2v) is 6.10. The van der Waals surface area contributed by atoms with Crippen LogP contribution in [-0.4, -0.2) is 38.0 Å². The van der Waals surface area contributed by atoms with Gasteiger partial charge in [-0.3, -0.25) is 0 Å². The van der Waals surface area contributed by atoms with Crippen molar-refractivity contribution >= 4 is 28.1 Å². The highest BCUT2D eigenvalue weighted by atomic mass is 16.3. The first kappa shape index (κ1) is 13.5. The monoisotopic (exact) mass is 320 g/mol. The molecule has 0 saturated carbocycles. The number of aromatic nitrogens is 5. The second kappa shape index (κ2) is 5.30. The molecule has 0 aliphatic carbocycles. The Hall–Kier alpha value is -2.96. The molecule has 4 aromatic rings. The number of benzene rings is 1. The molecule has 1 aliphatic heterocycles. The van der Waals surface area contributed by atoms with Gasteiger partial charge in [0.05, 0.1) is 12.2 Å². The third-order valence-corrected chi connectivity index (χ3v) is 4.58. The van der Waals surface area contributed by atoms with Crippen LogP contribution < -0.4 is 4.90 Å². The summed E-state index contributed by atoms with van der Waals surface area (Å²) in [7, 11) is 0. The summed E-state index contributed by atoms with van der Waals surface area (Å²) in [6.07, 6.45) is 5.37. The topological polar surface area (TPSA) is 83.7 Å². The predicted octanol–water partition coefficient (Wildman–Crippen LogP) is 2.88. The average molecular weight is 320 g/mol. The van der Waals surface area contributed by atoms with E-state index in [2.05, 4.69) is 29.8 Å². The van der Waals surface area contributed by atoms with Gasteiger partial charge >= 0.3 is 0 Å². The van der Waals surface area contributed by atoms with E-state index in [1.54, 1.807) is 12.7 Å². The Morgan fingerprint density at radius 2 is 2.12 bits per heavy atom. The van der Waals surface area contributed by atoms with Crippen LogP contribution in [0.5, 0.6) is 0 Å². The number of piperidine rings is 1. The van der Waals surface area contributed by atoms with E-state index < -0.39 is 0 Å². The average Bonchev–Trinajstić information content (AvgIpc) is 3.28. The summed E-state index contributed by atoms with van der Waals surface area (Å²) in [5, 5.41) is 0. The molecule has 3 aromatic heterocycles. The largest absolute Gasteiger partial charge is 0.440 e. The first-order valence-electron chi connectivity index (χ1n) is 8.13. The standard InChI is InChI=1S/C17H16N6O/c1-2-6-13-12(5-1)22-17(24-13)11-4-3-7-23(8-11)16-14-15(19-9-18-14)20-10-21-16/h1-2,5-6,9-11H,3-4,7-8H2,(H,18,19,20,21). The second-order valence-electron chi connectivity index (χ2n) is 6.10. The SMILES string of the molecule is c1ccc2oc(C3CCCN(c4ncnc5nc[nH]c45)C3)nc2c1. The van der Waals surface area contributed by atoms with Gasteiger partial charge in [-0.2, -0.15) is 0 Å². The lowest BCUT2D eigenvalue weighted by atomic mass is 9.98. The fourth-order valence-corrected chi connectivity index (χ4v) is 3.43. The Morgan fingerprint density at radius 3 is 3.08 bits per heavy atom. The van der Waals surface area contributed by atoms with Crippen LogP contribution in [0.1, 0.15) is 24.7 Å². The van der Waals surface area contributed by atoms with Crippen molar-refractivity contribution in [2.75, 3.05) is 18.0 Å². The molecule has 1 N–H and O–H groups in total. The number of anilines is 1. The first-order valence-corrected chi connectivity index (χ1v) is 8.13. The highest BCUT2D eigenvalue weighted by molar-refractivity contribution is 5.82. The molecule has 1 atom stereocenters. The van der Waals surface area contributed by atoms with Gasteiger partial charge < -0.3 is 14.3 Å². The molecule has 7 heteroatoms. The van der Waals surface area contributed by atoms with Crippen molar-refractivity contribution in [3.63, 3.8) is 0 Å². The number of oxazole rings is 1. The van der Waals surface area contributed by atoms with Crippen LogP contribution in [0.4, 0.5) is 5.82 Å². The summed E-state index contributed by atoms with van der Waals surface area (Å²) in [5.74, 6) is 1.98. The van der Waals surface area contributed by atoms with Gasteiger partial charge in [0, 0.05) is 13.1 Å². The summed E-state index contributed by atoms with van der Waals surface area (Å²) in [4.78, 5) is 23.0. The maximum Gasteiger partial charge on any atom is 0.200 e. The zero-order valence-electron chi connectivity index (χ0n) is 13.0. The van der Waals surface area contributed by atoms with Crippen molar-refractivity contribution < 1.29 is 4.42 Å². The molecule has 1 unspecified atom stereocenters. The molecule has 1 aromatic carbocycles. The minimum absolute atomic E-state index is 0.263. The Balaban J connectivity index is 1.48. The van der Waals surface area contributed by atoms with E-state index in [-0.39, 0.29) is 5.92 Å². The number of imidazole rings is 1. The number of hydrogen-bond donors (Lipinski definition) is 1. The van der Waals surface area contributed by atoms with Crippen LogP contribution in [-0.2, 0) is 0 Å². The van der Waals surface area contributed by atoms with Crippen LogP contribution in [0, 0.1) is 0 Å².